The minimum atomic E-state index is -0.873. The zero-order valence-electron chi connectivity index (χ0n) is 9.16. The summed E-state index contributed by atoms with van der Waals surface area (Å²) in [6.07, 6.45) is 3.77. The highest BCUT2D eigenvalue weighted by Crippen LogP contribution is 2.32. The molecular formula is C11H16N2O2. The number of hydrogen-bond donors (Lipinski definition) is 1. The molecule has 1 heterocycles. The number of aromatic nitrogens is 2. The SMILES string of the molecule is Cc1nn(CCC2CC2)c(C)c1C(=O)O. The van der Waals surface area contributed by atoms with Crippen molar-refractivity contribution in [3.8, 4) is 0 Å². The Bertz CT molecular complexity index is 392. The van der Waals surface area contributed by atoms with E-state index in [1.807, 2.05) is 11.6 Å². The predicted molar refractivity (Wildman–Crippen MR) is 56.0 cm³/mol. The summed E-state index contributed by atoms with van der Waals surface area (Å²) in [7, 11) is 0. The molecule has 1 saturated carbocycles. The van der Waals surface area contributed by atoms with Crippen LogP contribution in [0.2, 0.25) is 0 Å². The molecule has 1 aliphatic carbocycles. The smallest absolute Gasteiger partial charge is 0.339 e. The molecule has 4 nitrogen and oxygen atoms in total. The first-order valence-electron chi connectivity index (χ1n) is 5.37. The van der Waals surface area contributed by atoms with Crippen molar-refractivity contribution >= 4 is 5.97 Å². The molecule has 0 spiro atoms. The van der Waals surface area contributed by atoms with Crippen molar-refractivity contribution in [2.24, 2.45) is 5.92 Å². The zero-order valence-corrected chi connectivity index (χ0v) is 9.16. The third kappa shape index (κ3) is 2.03. The average molecular weight is 208 g/mol. The Hall–Kier alpha value is -1.32. The van der Waals surface area contributed by atoms with E-state index in [0.717, 1.165) is 24.6 Å². The molecule has 1 aromatic heterocycles. The lowest BCUT2D eigenvalue weighted by atomic mass is 10.2. The Morgan fingerprint density at radius 3 is 2.67 bits per heavy atom. The van der Waals surface area contributed by atoms with E-state index in [-0.39, 0.29) is 0 Å². The highest BCUT2D eigenvalue weighted by molar-refractivity contribution is 5.90. The van der Waals surface area contributed by atoms with Crippen LogP contribution in [-0.2, 0) is 6.54 Å². The zero-order chi connectivity index (χ0) is 11.0. The number of nitrogens with zero attached hydrogens (tertiary/aromatic N) is 2. The van der Waals surface area contributed by atoms with Gasteiger partial charge in [-0.3, -0.25) is 4.68 Å². The summed E-state index contributed by atoms with van der Waals surface area (Å²) in [6, 6.07) is 0. The van der Waals surface area contributed by atoms with Crippen LogP contribution in [0.5, 0.6) is 0 Å². The lowest BCUT2D eigenvalue weighted by Gasteiger charge is -2.02. The van der Waals surface area contributed by atoms with E-state index in [9.17, 15) is 4.79 Å². The van der Waals surface area contributed by atoms with Gasteiger partial charge in [0, 0.05) is 6.54 Å². The molecule has 0 aliphatic heterocycles. The summed E-state index contributed by atoms with van der Waals surface area (Å²) in [5.41, 5.74) is 1.77. The molecule has 1 aliphatic rings. The van der Waals surface area contributed by atoms with Crippen molar-refractivity contribution in [1.82, 2.24) is 9.78 Å². The van der Waals surface area contributed by atoms with Crippen LogP contribution in [-0.4, -0.2) is 20.9 Å². The number of rotatable bonds is 4. The van der Waals surface area contributed by atoms with Crippen molar-refractivity contribution in [3.05, 3.63) is 17.0 Å². The van der Waals surface area contributed by atoms with Crippen LogP contribution in [0.25, 0.3) is 0 Å². The van der Waals surface area contributed by atoms with Gasteiger partial charge in [-0.05, 0) is 26.2 Å². The van der Waals surface area contributed by atoms with Crippen LogP contribution < -0.4 is 0 Å². The summed E-state index contributed by atoms with van der Waals surface area (Å²) >= 11 is 0. The normalized spacial score (nSPS) is 15.6. The summed E-state index contributed by atoms with van der Waals surface area (Å²) in [5.74, 6) is -0.0233. The first kappa shape index (κ1) is 10.2. The van der Waals surface area contributed by atoms with Crippen LogP contribution in [0.3, 0.4) is 0 Å². The van der Waals surface area contributed by atoms with Crippen molar-refractivity contribution in [2.75, 3.05) is 0 Å². The van der Waals surface area contributed by atoms with Gasteiger partial charge in [-0.1, -0.05) is 12.8 Å². The quantitative estimate of drug-likeness (QED) is 0.823. The van der Waals surface area contributed by atoms with Crippen molar-refractivity contribution in [3.63, 3.8) is 0 Å². The van der Waals surface area contributed by atoms with E-state index >= 15 is 0 Å². The van der Waals surface area contributed by atoms with Gasteiger partial charge in [0.25, 0.3) is 0 Å². The van der Waals surface area contributed by atoms with Gasteiger partial charge in [0.1, 0.15) is 5.56 Å². The number of carbonyl (C=O) groups is 1. The molecule has 0 bridgehead atoms. The maximum atomic E-state index is 11.0. The average Bonchev–Trinajstić information content (AvgIpc) is 2.90. The molecular weight excluding hydrogens is 192 g/mol. The van der Waals surface area contributed by atoms with Crippen molar-refractivity contribution in [1.29, 1.82) is 0 Å². The molecule has 0 atom stereocenters. The highest BCUT2D eigenvalue weighted by Gasteiger charge is 2.22. The summed E-state index contributed by atoms with van der Waals surface area (Å²) < 4.78 is 1.83. The fraction of sp³-hybridized carbons (Fsp3) is 0.636. The summed E-state index contributed by atoms with van der Waals surface area (Å²) in [6.45, 7) is 4.44. The molecule has 0 saturated heterocycles. The van der Waals surface area contributed by atoms with Crippen LogP contribution in [0.15, 0.2) is 0 Å². The third-order valence-corrected chi connectivity index (χ3v) is 3.04. The van der Waals surface area contributed by atoms with Gasteiger partial charge in [0.05, 0.1) is 11.4 Å². The Kier molecular flexibility index (Phi) is 2.50. The molecule has 0 radical (unpaired) electrons. The first-order valence-corrected chi connectivity index (χ1v) is 5.37. The Morgan fingerprint density at radius 1 is 1.53 bits per heavy atom. The van der Waals surface area contributed by atoms with Crippen LogP contribution in [0.4, 0.5) is 0 Å². The van der Waals surface area contributed by atoms with E-state index in [0.29, 0.717) is 11.3 Å². The van der Waals surface area contributed by atoms with Gasteiger partial charge in [-0.15, -0.1) is 0 Å². The second-order valence-electron chi connectivity index (χ2n) is 4.31. The molecule has 15 heavy (non-hydrogen) atoms. The summed E-state index contributed by atoms with van der Waals surface area (Å²) in [5, 5.41) is 13.3. The number of carboxylic acid groups (broad SMARTS) is 1. The molecule has 1 aromatic rings. The van der Waals surface area contributed by atoms with E-state index in [4.69, 9.17) is 5.11 Å². The van der Waals surface area contributed by atoms with E-state index < -0.39 is 5.97 Å². The van der Waals surface area contributed by atoms with E-state index in [2.05, 4.69) is 5.10 Å². The number of aromatic carboxylic acids is 1. The molecule has 4 heteroatoms. The molecule has 1 N–H and O–H groups in total. The van der Waals surface area contributed by atoms with Gasteiger partial charge in [-0.25, -0.2) is 4.79 Å². The molecule has 2 rings (SSSR count). The fourth-order valence-corrected chi connectivity index (χ4v) is 1.94. The molecule has 0 amide bonds. The fourth-order valence-electron chi connectivity index (χ4n) is 1.94. The van der Waals surface area contributed by atoms with Crippen LogP contribution in [0, 0.1) is 19.8 Å². The molecule has 82 valence electrons. The second kappa shape index (κ2) is 3.68. The molecule has 1 fully saturated rings. The number of hydrogen-bond acceptors (Lipinski definition) is 2. The van der Waals surface area contributed by atoms with E-state index in [1.165, 1.54) is 12.8 Å². The van der Waals surface area contributed by atoms with Gasteiger partial charge in [-0.2, -0.15) is 5.10 Å². The lowest BCUT2D eigenvalue weighted by Crippen LogP contribution is -2.05. The Labute approximate surface area is 88.9 Å². The van der Waals surface area contributed by atoms with Crippen LogP contribution in [0.1, 0.15) is 41.0 Å². The monoisotopic (exact) mass is 208 g/mol. The summed E-state index contributed by atoms with van der Waals surface area (Å²) in [4.78, 5) is 11.0. The van der Waals surface area contributed by atoms with Gasteiger partial charge >= 0.3 is 5.97 Å². The lowest BCUT2D eigenvalue weighted by molar-refractivity contribution is 0.0695. The third-order valence-electron chi connectivity index (χ3n) is 3.04. The predicted octanol–water partition coefficient (Wildman–Crippen LogP) is 2.00. The minimum absolute atomic E-state index is 0.366. The molecule has 0 unspecified atom stereocenters. The standard InChI is InChI=1S/C11H16N2O2/c1-7-10(11(14)15)8(2)13(12-7)6-5-9-3-4-9/h9H,3-6H2,1-2H3,(H,14,15). The number of carboxylic acids is 1. The number of aryl methyl sites for hydroxylation is 2. The molecule has 0 aromatic carbocycles. The second-order valence-corrected chi connectivity index (χ2v) is 4.31. The van der Waals surface area contributed by atoms with Gasteiger partial charge in [0.15, 0.2) is 0 Å². The maximum absolute atomic E-state index is 11.0. The largest absolute Gasteiger partial charge is 0.478 e. The highest BCUT2D eigenvalue weighted by atomic mass is 16.4. The van der Waals surface area contributed by atoms with Crippen molar-refractivity contribution in [2.45, 2.75) is 39.7 Å². The Balaban J connectivity index is 2.16. The maximum Gasteiger partial charge on any atom is 0.339 e. The van der Waals surface area contributed by atoms with Gasteiger partial charge in [0.2, 0.25) is 0 Å². The Morgan fingerprint density at radius 2 is 2.20 bits per heavy atom. The van der Waals surface area contributed by atoms with Crippen molar-refractivity contribution < 1.29 is 9.90 Å². The minimum Gasteiger partial charge on any atom is -0.478 e. The van der Waals surface area contributed by atoms with Crippen LogP contribution >= 0.6 is 0 Å². The first-order chi connectivity index (χ1) is 7.09. The van der Waals surface area contributed by atoms with E-state index in [1.54, 1.807) is 6.92 Å². The topological polar surface area (TPSA) is 55.1 Å². The van der Waals surface area contributed by atoms with Gasteiger partial charge < -0.3 is 5.11 Å².